The molecule has 1 aromatic carbocycles. The van der Waals surface area contributed by atoms with Gasteiger partial charge in [0.1, 0.15) is 28.6 Å². The topological polar surface area (TPSA) is 37.8 Å². The van der Waals surface area contributed by atoms with Crippen LogP contribution in [0.4, 0.5) is 20.3 Å². The normalized spacial score (nSPS) is 10.8. The van der Waals surface area contributed by atoms with E-state index in [0.29, 0.717) is 5.82 Å². The smallest absolute Gasteiger partial charge is 0.146 e. The standard InChI is InChI=1S/C12H7F2N3S/c13-7-1-2-9(14)10(5-7)17-11-8-3-4-18-12(8)16-6-15-11/h1-6H,(H,15,16,17). The van der Waals surface area contributed by atoms with Crippen LogP contribution in [0.25, 0.3) is 10.2 Å². The SMILES string of the molecule is Fc1ccc(F)c(Nc2ncnc3sccc23)c1. The molecule has 0 aliphatic rings. The Kier molecular flexibility index (Phi) is 2.64. The Morgan fingerprint density at radius 1 is 1.11 bits per heavy atom. The highest BCUT2D eigenvalue weighted by Crippen LogP contribution is 2.27. The summed E-state index contributed by atoms with van der Waals surface area (Å²) < 4.78 is 26.6. The van der Waals surface area contributed by atoms with Gasteiger partial charge in [0.2, 0.25) is 0 Å². The Balaban J connectivity index is 2.06. The summed E-state index contributed by atoms with van der Waals surface area (Å²) in [6.07, 6.45) is 1.39. The second-order valence-corrected chi connectivity index (χ2v) is 4.51. The van der Waals surface area contributed by atoms with Crippen LogP contribution < -0.4 is 5.32 Å². The number of fused-ring (bicyclic) bond motifs is 1. The fraction of sp³-hybridized carbons (Fsp3) is 0. The van der Waals surface area contributed by atoms with E-state index in [1.54, 1.807) is 0 Å². The molecule has 0 aliphatic heterocycles. The maximum Gasteiger partial charge on any atom is 0.146 e. The van der Waals surface area contributed by atoms with Gasteiger partial charge in [-0.3, -0.25) is 0 Å². The molecule has 2 heterocycles. The lowest BCUT2D eigenvalue weighted by molar-refractivity contribution is 0.603. The first-order chi connectivity index (χ1) is 8.74. The Morgan fingerprint density at radius 3 is 2.89 bits per heavy atom. The van der Waals surface area contributed by atoms with Gasteiger partial charge in [0.15, 0.2) is 0 Å². The van der Waals surface area contributed by atoms with E-state index in [1.165, 1.54) is 17.7 Å². The minimum Gasteiger partial charge on any atom is -0.337 e. The summed E-state index contributed by atoms with van der Waals surface area (Å²) >= 11 is 1.46. The number of benzene rings is 1. The van der Waals surface area contributed by atoms with Crippen LogP contribution in [0, 0.1) is 11.6 Å². The van der Waals surface area contributed by atoms with Crippen molar-refractivity contribution in [3.63, 3.8) is 0 Å². The number of halogens is 2. The van der Waals surface area contributed by atoms with Crippen molar-refractivity contribution in [2.24, 2.45) is 0 Å². The molecule has 0 amide bonds. The van der Waals surface area contributed by atoms with Crippen LogP contribution in [0.2, 0.25) is 0 Å². The fourth-order valence-electron chi connectivity index (χ4n) is 1.61. The lowest BCUT2D eigenvalue weighted by Crippen LogP contribution is -1.97. The highest BCUT2D eigenvalue weighted by Gasteiger charge is 2.08. The number of aromatic nitrogens is 2. The Bertz CT molecular complexity index is 711. The predicted molar refractivity (Wildman–Crippen MR) is 67.1 cm³/mol. The van der Waals surface area contributed by atoms with E-state index in [-0.39, 0.29) is 5.69 Å². The monoisotopic (exact) mass is 263 g/mol. The number of hydrogen-bond acceptors (Lipinski definition) is 4. The Labute approximate surface area is 105 Å². The third-order valence-electron chi connectivity index (χ3n) is 2.44. The van der Waals surface area contributed by atoms with Crippen molar-refractivity contribution in [3.8, 4) is 0 Å². The molecule has 0 unspecified atom stereocenters. The molecule has 6 heteroatoms. The van der Waals surface area contributed by atoms with Crippen LogP contribution >= 0.6 is 11.3 Å². The second kappa shape index (κ2) is 4.30. The molecule has 3 nitrogen and oxygen atoms in total. The zero-order valence-corrected chi connectivity index (χ0v) is 9.84. The molecule has 18 heavy (non-hydrogen) atoms. The van der Waals surface area contributed by atoms with Gasteiger partial charge in [-0.1, -0.05) is 0 Å². The van der Waals surface area contributed by atoms with E-state index in [0.717, 1.165) is 28.4 Å². The van der Waals surface area contributed by atoms with Gasteiger partial charge in [-0.15, -0.1) is 11.3 Å². The molecule has 0 atom stereocenters. The van der Waals surface area contributed by atoms with Gasteiger partial charge in [-0.2, -0.15) is 0 Å². The van der Waals surface area contributed by atoms with Crippen molar-refractivity contribution in [2.45, 2.75) is 0 Å². The van der Waals surface area contributed by atoms with Crippen molar-refractivity contribution in [2.75, 3.05) is 5.32 Å². The molecule has 90 valence electrons. The second-order valence-electron chi connectivity index (χ2n) is 3.61. The first kappa shape index (κ1) is 11.0. The summed E-state index contributed by atoms with van der Waals surface area (Å²) in [6, 6.07) is 5.07. The van der Waals surface area contributed by atoms with Gasteiger partial charge in [-0.25, -0.2) is 18.7 Å². The van der Waals surface area contributed by atoms with Gasteiger partial charge in [-0.05, 0) is 23.6 Å². The molecule has 0 saturated heterocycles. The fourth-order valence-corrected chi connectivity index (χ4v) is 2.34. The van der Waals surface area contributed by atoms with E-state index in [9.17, 15) is 8.78 Å². The molecular weight excluding hydrogens is 256 g/mol. The predicted octanol–water partition coefficient (Wildman–Crippen LogP) is 3.71. The van der Waals surface area contributed by atoms with Crippen LogP contribution in [0.5, 0.6) is 0 Å². The third-order valence-corrected chi connectivity index (χ3v) is 3.26. The highest BCUT2D eigenvalue weighted by atomic mass is 32.1. The van der Waals surface area contributed by atoms with Crippen LogP contribution in [0.1, 0.15) is 0 Å². The molecule has 1 N–H and O–H groups in total. The zero-order valence-electron chi connectivity index (χ0n) is 9.02. The first-order valence-electron chi connectivity index (χ1n) is 5.14. The molecular formula is C12H7F2N3S. The summed E-state index contributed by atoms with van der Waals surface area (Å²) in [5.74, 6) is -0.571. The minimum absolute atomic E-state index is 0.0567. The van der Waals surface area contributed by atoms with Gasteiger partial charge in [0.25, 0.3) is 0 Å². The van der Waals surface area contributed by atoms with Gasteiger partial charge in [0.05, 0.1) is 11.1 Å². The molecule has 3 rings (SSSR count). The maximum atomic E-state index is 13.5. The first-order valence-corrected chi connectivity index (χ1v) is 6.02. The number of rotatable bonds is 2. The van der Waals surface area contributed by atoms with Crippen molar-refractivity contribution >= 4 is 33.1 Å². The summed E-state index contributed by atoms with van der Waals surface area (Å²) in [6.45, 7) is 0. The summed E-state index contributed by atoms with van der Waals surface area (Å²) in [4.78, 5) is 8.92. The van der Waals surface area contributed by atoms with E-state index in [4.69, 9.17) is 0 Å². The van der Waals surface area contributed by atoms with Gasteiger partial charge >= 0.3 is 0 Å². The quantitative estimate of drug-likeness (QED) is 0.765. The number of hydrogen-bond donors (Lipinski definition) is 1. The highest BCUT2D eigenvalue weighted by molar-refractivity contribution is 7.16. The van der Waals surface area contributed by atoms with E-state index >= 15 is 0 Å². The average Bonchev–Trinajstić information content (AvgIpc) is 2.83. The number of nitrogens with zero attached hydrogens (tertiary/aromatic N) is 2. The van der Waals surface area contributed by atoms with Crippen LogP contribution in [0.15, 0.2) is 36.0 Å². The lowest BCUT2D eigenvalue weighted by atomic mass is 10.3. The summed E-state index contributed by atoms with van der Waals surface area (Å²) in [7, 11) is 0. The lowest BCUT2D eigenvalue weighted by Gasteiger charge is -2.07. The Morgan fingerprint density at radius 2 is 2.00 bits per heavy atom. The Hall–Kier alpha value is -2.08. The molecule has 0 radical (unpaired) electrons. The molecule has 3 aromatic rings. The van der Waals surface area contributed by atoms with E-state index < -0.39 is 11.6 Å². The molecule has 0 spiro atoms. The molecule has 2 aromatic heterocycles. The van der Waals surface area contributed by atoms with Crippen LogP contribution in [-0.2, 0) is 0 Å². The summed E-state index contributed by atoms with van der Waals surface area (Å²) in [5, 5.41) is 5.43. The number of thiophene rings is 1. The largest absolute Gasteiger partial charge is 0.337 e. The third kappa shape index (κ3) is 1.91. The zero-order chi connectivity index (χ0) is 12.5. The summed E-state index contributed by atoms with van der Waals surface area (Å²) in [5.41, 5.74) is 0.0567. The van der Waals surface area contributed by atoms with Crippen molar-refractivity contribution < 1.29 is 8.78 Å². The van der Waals surface area contributed by atoms with Crippen molar-refractivity contribution in [1.29, 1.82) is 0 Å². The number of anilines is 2. The van der Waals surface area contributed by atoms with Crippen LogP contribution in [-0.4, -0.2) is 9.97 Å². The average molecular weight is 263 g/mol. The van der Waals surface area contributed by atoms with Gasteiger partial charge < -0.3 is 5.32 Å². The number of nitrogens with one attached hydrogen (secondary N) is 1. The minimum atomic E-state index is -0.529. The molecule has 0 saturated carbocycles. The molecule has 0 aliphatic carbocycles. The molecule has 0 fully saturated rings. The van der Waals surface area contributed by atoms with Crippen molar-refractivity contribution in [3.05, 3.63) is 47.6 Å². The van der Waals surface area contributed by atoms with E-state index in [2.05, 4.69) is 15.3 Å². The van der Waals surface area contributed by atoms with Crippen molar-refractivity contribution in [1.82, 2.24) is 9.97 Å². The van der Waals surface area contributed by atoms with E-state index in [1.807, 2.05) is 11.4 Å². The maximum absolute atomic E-state index is 13.5. The van der Waals surface area contributed by atoms with Crippen LogP contribution in [0.3, 0.4) is 0 Å². The van der Waals surface area contributed by atoms with Gasteiger partial charge in [0, 0.05) is 6.07 Å². The molecule has 0 bridgehead atoms.